The van der Waals surface area contributed by atoms with E-state index in [9.17, 15) is 4.79 Å². The van der Waals surface area contributed by atoms with Gasteiger partial charge >= 0.3 is 5.97 Å². The topological polar surface area (TPSA) is 70.3 Å². The van der Waals surface area contributed by atoms with Gasteiger partial charge in [0.15, 0.2) is 6.61 Å². The third-order valence-electron chi connectivity index (χ3n) is 2.62. The average Bonchev–Trinajstić information content (AvgIpc) is 2.45. The molecule has 0 spiro atoms. The Morgan fingerprint density at radius 2 is 2.00 bits per heavy atom. The van der Waals surface area contributed by atoms with Gasteiger partial charge in [0.1, 0.15) is 5.75 Å². The number of hydrogen-bond donors (Lipinski definition) is 1. The number of nitrogens with zero attached hydrogens (tertiary/aromatic N) is 1. The average molecular weight is 288 g/mol. The van der Waals surface area contributed by atoms with Crippen molar-refractivity contribution in [3.63, 3.8) is 0 Å². The zero-order chi connectivity index (χ0) is 14.5. The second-order valence-corrected chi connectivity index (χ2v) is 4.39. The van der Waals surface area contributed by atoms with E-state index in [0.717, 1.165) is 0 Å². The lowest BCUT2D eigenvalue weighted by Crippen LogP contribution is -2.10. The van der Waals surface area contributed by atoms with E-state index < -0.39 is 12.6 Å². The van der Waals surface area contributed by atoms with Crippen LogP contribution < -0.4 is 4.74 Å². The highest BCUT2D eigenvalue weighted by Crippen LogP contribution is 2.35. The zero-order valence-electron chi connectivity index (χ0n) is 10.3. The highest BCUT2D eigenvalue weighted by Gasteiger charge is 2.12. The summed E-state index contributed by atoms with van der Waals surface area (Å²) in [5, 5.41) is 18.2. The molecule has 0 heterocycles. The molecule has 0 saturated carbocycles. The maximum atomic E-state index is 10.6. The molecule has 0 saturated heterocycles. The van der Waals surface area contributed by atoms with Crippen LogP contribution in [-0.4, -0.2) is 17.7 Å². The fraction of sp³-hybridized carbons (Fsp3) is 0.0667. The summed E-state index contributed by atoms with van der Waals surface area (Å²) in [7, 11) is 0. The van der Waals surface area contributed by atoms with Crippen molar-refractivity contribution < 1.29 is 14.6 Å². The number of carboxylic acid groups (broad SMARTS) is 1. The molecule has 0 aliphatic carbocycles. The Bertz CT molecular complexity index is 692. The van der Waals surface area contributed by atoms with Gasteiger partial charge < -0.3 is 9.84 Å². The van der Waals surface area contributed by atoms with Gasteiger partial charge in [-0.3, -0.25) is 0 Å². The molecule has 0 fully saturated rings. The van der Waals surface area contributed by atoms with Crippen LogP contribution in [0.15, 0.2) is 42.5 Å². The summed E-state index contributed by atoms with van der Waals surface area (Å²) in [4.78, 5) is 10.6. The van der Waals surface area contributed by atoms with Crippen molar-refractivity contribution in [3.8, 4) is 22.9 Å². The number of aliphatic carboxylic acids is 1. The summed E-state index contributed by atoms with van der Waals surface area (Å²) in [5.74, 6) is -0.695. The maximum absolute atomic E-state index is 10.6. The summed E-state index contributed by atoms with van der Waals surface area (Å²) >= 11 is 6.13. The minimum absolute atomic E-state index is 0.375. The summed E-state index contributed by atoms with van der Waals surface area (Å²) < 4.78 is 5.24. The lowest BCUT2D eigenvalue weighted by atomic mass is 10.0. The van der Waals surface area contributed by atoms with Crippen molar-refractivity contribution in [1.29, 1.82) is 5.26 Å². The SMILES string of the molecule is N#Cc1ccc(OCC(=O)O)c(-c2ccccc2Cl)c1. The lowest BCUT2D eigenvalue weighted by Gasteiger charge is -2.12. The van der Waals surface area contributed by atoms with Gasteiger partial charge in [0.05, 0.1) is 11.6 Å². The van der Waals surface area contributed by atoms with Crippen molar-refractivity contribution in [1.82, 2.24) is 0 Å². The van der Waals surface area contributed by atoms with Gasteiger partial charge in [-0.2, -0.15) is 5.26 Å². The molecule has 2 aromatic rings. The molecule has 0 radical (unpaired) electrons. The molecule has 100 valence electrons. The van der Waals surface area contributed by atoms with Gasteiger partial charge in [-0.15, -0.1) is 0 Å². The minimum Gasteiger partial charge on any atom is -0.481 e. The van der Waals surface area contributed by atoms with Gasteiger partial charge in [0, 0.05) is 16.1 Å². The summed E-state index contributed by atoms with van der Waals surface area (Å²) in [6, 6.07) is 13.9. The molecule has 0 unspecified atom stereocenters. The monoisotopic (exact) mass is 287 g/mol. The molecule has 1 N–H and O–H groups in total. The molecule has 0 aliphatic heterocycles. The van der Waals surface area contributed by atoms with Crippen LogP contribution in [0.25, 0.3) is 11.1 Å². The molecular formula is C15H10ClNO3. The fourth-order valence-electron chi connectivity index (χ4n) is 1.76. The molecule has 0 aromatic heterocycles. The Labute approximate surface area is 120 Å². The van der Waals surface area contributed by atoms with Crippen LogP contribution in [-0.2, 0) is 4.79 Å². The number of benzene rings is 2. The predicted molar refractivity (Wildman–Crippen MR) is 74.7 cm³/mol. The number of nitriles is 1. The van der Waals surface area contributed by atoms with Crippen LogP contribution in [0, 0.1) is 11.3 Å². The summed E-state index contributed by atoms with van der Waals surface area (Å²) in [5.41, 5.74) is 1.73. The van der Waals surface area contributed by atoms with E-state index >= 15 is 0 Å². The van der Waals surface area contributed by atoms with Crippen molar-refractivity contribution in [2.75, 3.05) is 6.61 Å². The third-order valence-corrected chi connectivity index (χ3v) is 2.95. The first-order chi connectivity index (χ1) is 9.61. The van der Waals surface area contributed by atoms with Gasteiger partial charge in [-0.05, 0) is 24.3 Å². The Morgan fingerprint density at radius 3 is 2.65 bits per heavy atom. The van der Waals surface area contributed by atoms with Crippen LogP contribution in [0.5, 0.6) is 5.75 Å². The molecule has 0 atom stereocenters. The van der Waals surface area contributed by atoms with E-state index in [1.165, 1.54) is 0 Å². The van der Waals surface area contributed by atoms with Crippen LogP contribution >= 0.6 is 11.6 Å². The van der Waals surface area contributed by atoms with E-state index in [4.69, 9.17) is 26.7 Å². The van der Waals surface area contributed by atoms with E-state index in [-0.39, 0.29) is 0 Å². The molecule has 4 nitrogen and oxygen atoms in total. The zero-order valence-corrected chi connectivity index (χ0v) is 11.1. The van der Waals surface area contributed by atoms with E-state index in [0.29, 0.717) is 27.5 Å². The normalized spacial score (nSPS) is 9.80. The minimum atomic E-state index is -1.07. The first kappa shape index (κ1) is 13.9. The van der Waals surface area contributed by atoms with Crippen molar-refractivity contribution in [2.45, 2.75) is 0 Å². The first-order valence-electron chi connectivity index (χ1n) is 5.75. The molecule has 0 amide bonds. The van der Waals surface area contributed by atoms with Crippen molar-refractivity contribution in [3.05, 3.63) is 53.1 Å². The number of carbonyl (C=O) groups is 1. The molecule has 0 aliphatic rings. The third kappa shape index (κ3) is 3.08. The smallest absolute Gasteiger partial charge is 0.341 e. The van der Waals surface area contributed by atoms with Crippen molar-refractivity contribution in [2.24, 2.45) is 0 Å². The molecular weight excluding hydrogens is 278 g/mol. The molecule has 2 rings (SSSR count). The maximum Gasteiger partial charge on any atom is 0.341 e. The molecule has 20 heavy (non-hydrogen) atoms. The molecule has 2 aromatic carbocycles. The quantitative estimate of drug-likeness (QED) is 0.936. The van der Waals surface area contributed by atoms with Crippen molar-refractivity contribution >= 4 is 17.6 Å². The van der Waals surface area contributed by atoms with Crippen LogP contribution in [0.2, 0.25) is 5.02 Å². The highest BCUT2D eigenvalue weighted by atomic mass is 35.5. The number of hydrogen-bond acceptors (Lipinski definition) is 3. The summed E-state index contributed by atoms with van der Waals surface area (Å²) in [6.45, 7) is -0.455. The van der Waals surface area contributed by atoms with Gasteiger partial charge in [0.2, 0.25) is 0 Å². The Morgan fingerprint density at radius 1 is 1.25 bits per heavy atom. The second-order valence-electron chi connectivity index (χ2n) is 3.99. The number of halogens is 1. The van der Waals surface area contributed by atoms with Gasteiger partial charge in [-0.1, -0.05) is 29.8 Å². The number of ether oxygens (including phenoxy) is 1. The van der Waals surface area contributed by atoms with E-state index in [1.807, 2.05) is 6.07 Å². The fourth-order valence-corrected chi connectivity index (χ4v) is 1.99. The molecule has 5 heteroatoms. The van der Waals surface area contributed by atoms with Gasteiger partial charge in [-0.25, -0.2) is 4.79 Å². The predicted octanol–water partition coefficient (Wildman–Crippen LogP) is 3.34. The van der Waals surface area contributed by atoms with Crippen LogP contribution in [0.4, 0.5) is 0 Å². The Hall–Kier alpha value is -2.51. The Kier molecular flexibility index (Phi) is 4.24. The largest absolute Gasteiger partial charge is 0.481 e. The Balaban J connectivity index is 2.51. The first-order valence-corrected chi connectivity index (χ1v) is 6.13. The lowest BCUT2D eigenvalue weighted by molar-refractivity contribution is -0.139. The second kappa shape index (κ2) is 6.09. The van der Waals surface area contributed by atoms with Gasteiger partial charge in [0.25, 0.3) is 0 Å². The summed E-state index contributed by atoms with van der Waals surface area (Å²) in [6.07, 6.45) is 0. The standard InChI is InChI=1S/C15H10ClNO3/c16-13-4-2-1-3-11(13)12-7-10(8-17)5-6-14(12)20-9-15(18)19/h1-7H,9H2,(H,18,19). The van der Waals surface area contributed by atoms with E-state index in [1.54, 1.807) is 42.5 Å². The van der Waals surface area contributed by atoms with E-state index in [2.05, 4.69) is 0 Å². The molecule has 0 bridgehead atoms. The number of rotatable bonds is 4. The van der Waals surface area contributed by atoms with Crippen LogP contribution in [0.3, 0.4) is 0 Å². The van der Waals surface area contributed by atoms with Crippen LogP contribution in [0.1, 0.15) is 5.56 Å². The highest BCUT2D eigenvalue weighted by molar-refractivity contribution is 6.33. The number of carboxylic acids is 1.